The first kappa shape index (κ1) is 14.7. The zero-order valence-corrected chi connectivity index (χ0v) is 12.0. The van der Waals surface area contributed by atoms with Gasteiger partial charge in [0.25, 0.3) is 0 Å². The number of rotatable bonds is 5. The van der Waals surface area contributed by atoms with Crippen molar-refractivity contribution in [3.63, 3.8) is 0 Å². The van der Waals surface area contributed by atoms with Crippen LogP contribution in [-0.4, -0.2) is 11.6 Å². The van der Waals surface area contributed by atoms with Gasteiger partial charge in [-0.2, -0.15) is 0 Å². The predicted octanol–water partition coefficient (Wildman–Crippen LogP) is 3.73. The van der Waals surface area contributed by atoms with E-state index in [1.54, 1.807) is 6.07 Å². The van der Waals surface area contributed by atoms with Gasteiger partial charge >= 0.3 is 0 Å². The Bertz CT molecular complexity index is 576. The van der Waals surface area contributed by atoms with E-state index >= 15 is 0 Å². The van der Waals surface area contributed by atoms with Crippen LogP contribution in [0.1, 0.15) is 31.0 Å². The van der Waals surface area contributed by atoms with Crippen LogP contribution < -0.4 is 5.32 Å². The van der Waals surface area contributed by atoms with E-state index < -0.39 is 11.6 Å². The van der Waals surface area contributed by atoms with Gasteiger partial charge in [0.2, 0.25) is 0 Å². The van der Waals surface area contributed by atoms with Crippen molar-refractivity contribution in [2.24, 2.45) is 5.92 Å². The summed E-state index contributed by atoms with van der Waals surface area (Å²) >= 11 is 0. The zero-order valence-electron chi connectivity index (χ0n) is 12.0. The van der Waals surface area contributed by atoms with Crippen LogP contribution >= 0.6 is 0 Å². The molecule has 1 N–H and O–H groups in total. The molecule has 0 spiro atoms. The van der Waals surface area contributed by atoms with Crippen LogP contribution in [0.25, 0.3) is 0 Å². The van der Waals surface area contributed by atoms with Gasteiger partial charge in [-0.05, 0) is 30.7 Å². The van der Waals surface area contributed by atoms with Crippen molar-refractivity contribution < 1.29 is 8.78 Å². The minimum Gasteiger partial charge on any atom is -0.349 e. The van der Waals surface area contributed by atoms with E-state index in [1.807, 2.05) is 30.1 Å². The molecule has 20 heavy (non-hydrogen) atoms. The molecular formula is C16H20F2N2. The molecule has 0 aliphatic rings. The monoisotopic (exact) mass is 278 g/mol. The summed E-state index contributed by atoms with van der Waals surface area (Å²) in [5, 5.41) is 3.27. The summed E-state index contributed by atoms with van der Waals surface area (Å²) in [7, 11) is 1.92. The van der Waals surface area contributed by atoms with E-state index in [1.165, 1.54) is 6.07 Å². The summed E-state index contributed by atoms with van der Waals surface area (Å²) in [6.45, 7) is 4.62. The smallest absolute Gasteiger partial charge is 0.163 e. The van der Waals surface area contributed by atoms with Crippen LogP contribution in [0.2, 0.25) is 0 Å². The Kier molecular flexibility index (Phi) is 4.55. The van der Waals surface area contributed by atoms with Crippen molar-refractivity contribution in [2.45, 2.75) is 26.4 Å². The van der Waals surface area contributed by atoms with Crippen molar-refractivity contribution in [3.05, 3.63) is 59.4 Å². The lowest BCUT2D eigenvalue weighted by Crippen LogP contribution is -2.21. The fraction of sp³-hybridized carbons (Fsp3) is 0.375. The average molecular weight is 278 g/mol. The molecule has 4 heteroatoms. The molecule has 0 fully saturated rings. The first-order chi connectivity index (χ1) is 9.52. The molecule has 0 radical (unpaired) electrons. The van der Waals surface area contributed by atoms with Crippen molar-refractivity contribution in [1.29, 1.82) is 0 Å². The second kappa shape index (κ2) is 6.18. The summed E-state index contributed by atoms with van der Waals surface area (Å²) < 4.78 is 28.7. The lowest BCUT2D eigenvalue weighted by Gasteiger charge is -2.18. The number of aromatic nitrogens is 1. The van der Waals surface area contributed by atoms with E-state index in [-0.39, 0.29) is 6.04 Å². The third kappa shape index (κ3) is 3.07. The molecule has 0 saturated heterocycles. The highest BCUT2D eigenvalue weighted by Crippen LogP contribution is 2.22. The van der Waals surface area contributed by atoms with E-state index in [2.05, 4.69) is 19.2 Å². The number of hydrogen-bond donors (Lipinski definition) is 1. The summed E-state index contributed by atoms with van der Waals surface area (Å²) in [6, 6.07) is 6.54. The Morgan fingerprint density at radius 3 is 2.60 bits per heavy atom. The summed E-state index contributed by atoms with van der Waals surface area (Å²) in [5.41, 5.74) is 1.51. The molecular weight excluding hydrogens is 258 g/mol. The largest absolute Gasteiger partial charge is 0.349 e. The molecule has 1 aromatic carbocycles. The standard InChI is InChI=1S/C16H20F2N2/c1-11(2)16(19-3)13-7-8-20(10-13)9-12-5-4-6-14(17)15(12)18/h4-8,10-11,16,19H,9H2,1-3H3. The third-order valence-electron chi connectivity index (χ3n) is 3.49. The van der Waals surface area contributed by atoms with Crippen molar-refractivity contribution >= 4 is 0 Å². The zero-order chi connectivity index (χ0) is 14.7. The minimum atomic E-state index is -0.801. The van der Waals surface area contributed by atoms with Crippen LogP contribution in [0.15, 0.2) is 36.7 Å². The molecule has 0 bridgehead atoms. The Balaban J connectivity index is 2.19. The van der Waals surface area contributed by atoms with Gasteiger partial charge in [0.1, 0.15) is 0 Å². The van der Waals surface area contributed by atoms with Crippen LogP contribution in [-0.2, 0) is 6.54 Å². The fourth-order valence-corrected chi connectivity index (χ4v) is 2.49. The summed E-state index contributed by atoms with van der Waals surface area (Å²) in [5.74, 6) is -1.11. The van der Waals surface area contributed by atoms with Crippen LogP contribution in [0.5, 0.6) is 0 Å². The van der Waals surface area contributed by atoms with Gasteiger partial charge in [0.05, 0.1) is 0 Å². The number of nitrogens with one attached hydrogen (secondary N) is 1. The molecule has 2 nitrogen and oxygen atoms in total. The van der Waals surface area contributed by atoms with E-state index in [0.29, 0.717) is 18.0 Å². The van der Waals surface area contributed by atoms with Gasteiger partial charge in [-0.25, -0.2) is 8.78 Å². The molecule has 0 saturated carbocycles. The Morgan fingerprint density at radius 2 is 1.95 bits per heavy atom. The normalized spacial score (nSPS) is 12.9. The molecule has 1 atom stereocenters. The van der Waals surface area contributed by atoms with Gasteiger partial charge < -0.3 is 9.88 Å². The topological polar surface area (TPSA) is 17.0 Å². The van der Waals surface area contributed by atoms with Crippen LogP contribution in [0.4, 0.5) is 8.78 Å². The van der Waals surface area contributed by atoms with Gasteiger partial charge in [-0.15, -0.1) is 0 Å². The fourth-order valence-electron chi connectivity index (χ4n) is 2.49. The lowest BCUT2D eigenvalue weighted by molar-refractivity contribution is 0.442. The highest BCUT2D eigenvalue weighted by atomic mass is 19.2. The van der Waals surface area contributed by atoms with Gasteiger partial charge in [0.15, 0.2) is 11.6 Å². The van der Waals surface area contributed by atoms with E-state index in [0.717, 1.165) is 11.6 Å². The van der Waals surface area contributed by atoms with Crippen LogP contribution in [0, 0.1) is 17.6 Å². The second-order valence-corrected chi connectivity index (χ2v) is 5.34. The quantitative estimate of drug-likeness (QED) is 0.881. The number of nitrogens with zero attached hydrogens (tertiary/aromatic N) is 1. The number of hydrogen-bond acceptors (Lipinski definition) is 1. The van der Waals surface area contributed by atoms with Crippen molar-refractivity contribution in [1.82, 2.24) is 9.88 Å². The number of benzene rings is 1. The summed E-state index contributed by atoms with van der Waals surface area (Å²) in [6.07, 6.45) is 3.87. The Labute approximate surface area is 118 Å². The van der Waals surface area contributed by atoms with Crippen molar-refractivity contribution in [3.8, 4) is 0 Å². The molecule has 0 amide bonds. The Morgan fingerprint density at radius 1 is 1.20 bits per heavy atom. The predicted molar refractivity (Wildman–Crippen MR) is 76.5 cm³/mol. The highest BCUT2D eigenvalue weighted by Gasteiger charge is 2.15. The molecule has 1 unspecified atom stereocenters. The SMILES string of the molecule is CNC(c1ccn(Cc2cccc(F)c2F)c1)C(C)C. The first-order valence-electron chi connectivity index (χ1n) is 6.78. The number of halogens is 2. The van der Waals surface area contributed by atoms with E-state index in [4.69, 9.17) is 0 Å². The third-order valence-corrected chi connectivity index (χ3v) is 3.49. The first-order valence-corrected chi connectivity index (χ1v) is 6.78. The molecule has 0 aliphatic carbocycles. The van der Waals surface area contributed by atoms with Crippen LogP contribution in [0.3, 0.4) is 0 Å². The maximum Gasteiger partial charge on any atom is 0.163 e. The molecule has 2 rings (SSSR count). The lowest BCUT2D eigenvalue weighted by atomic mass is 9.99. The molecule has 2 aromatic rings. The van der Waals surface area contributed by atoms with Gasteiger partial charge in [-0.3, -0.25) is 0 Å². The van der Waals surface area contributed by atoms with Gasteiger partial charge in [0, 0.05) is 30.5 Å². The molecule has 1 heterocycles. The highest BCUT2D eigenvalue weighted by molar-refractivity contribution is 5.22. The maximum absolute atomic E-state index is 13.6. The molecule has 108 valence electrons. The summed E-state index contributed by atoms with van der Waals surface area (Å²) in [4.78, 5) is 0. The maximum atomic E-state index is 13.6. The van der Waals surface area contributed by atoms with Crippen molar-refractivity contribution in [2.75, 3.05) is 7.05 Å². The van der Waals surface area contributed by atoms with E-state index in [9.17, 15) is 8.78 Å². The molecule has 1 aromatic heterocycles. The minimum absolute atomic E-state index is 0.258. The average Bonchev–Trinajstić information content (AvgIpc) is 2.84. The Hall–Kier alpha value is -1.68. The van der Waals surface area contributed by atoms with Gasteiger partial charge in [-0.1, -0.05) is 26.0 Å². The second-order valence-electron chi connectivity index (χ2n) is 5.34. The molecule has 0 aliphatic heterocycles.